The van der Waals surface area contributed by atoms with Crippen LogP contribution in [0.4, 0.5) is 5.82 Å². The smallest absolute Gasteiger partial charge is 0.229 e. The predicted molar refractivity (Wildman–Crippen MR) is 92.4 cm³/mol. The van der Waals surface area contributed by atoms with Gasteiger partial charge in [0.1, 0.15) is 12.1 Å². The van der Waals surface area contributed by atoms with E-state index < -0.39 is 0 Å². The van der Waals surface area contributed by atoms with Gasteiger partial charge in [0.05, 0.1) is 6.54 Å². The van der Waals surface area contributed by atoms with E-state index in [1.165, 1.54) is 36.3 Å². The van der Waals surface area contributed by atoms with Gasteiger partial charge in [0, 0.05) is 43.4 Å². The van der Waals surface area contributed by atoms with Crippen molar-refractivity contribution < 1.29 is 4.52 Å². The lowest BCUT2D eigenvalue weighted by molar-refractivity contribution is 0.271. The summed E-state index contributed by atoms with van der Waals surface area (Å²) in [6, 6.07) is 0. The molecule has 1 aliphatic heterocycles. The van der Waals surface area contributed by atoms with Crippen LogP contribution in [0.2, 0.25) is 0 Å². The van der Waals surface area contributed by atoms with Gasteiger partial charge in [-0.15, -0.1) is 0 Å². The summed E-state index contributed by atoms with van der Waals surface area (Å²) in [5, 5.41) is 4.16. The monoisotopic (exact) mass is 340 g/mol. The second-order valence-corrected chi connectivity index (χ2v) is 7.42. The summed E-state index contributed by atoms with van der Waals surface area (Å²) in [5.74, 6) is 3.36. The van der Waals surface area contributed by atoms with Gasteiger partial charge in [-0.2, -0.15) is 4.98 Å². The Bertz CT molecular complexity index is 756. The van der Waals surface area contributed by atoms with E-state index in [0.29, 0.717) is 5.92 Å². The number of anilines is 1. The van der Waals surface area contributed by atoms with Gasteiger partial charge >= 0.3 is 0 Å². The van der Waals surface area contributed by atoms with E-state index in [0.717, 1.165) is 63.7 Å². The molecule has 25 heavy (non-hydrogen) atoms. The van der Waals surface area contributed by atoms with Crippen molar-refractivity contribution >= 4 is 5.82 Å². The third-order valence-electron chi connectivity index (χ3n) is 5.52. The van der Waals surface area contributed by atoms with E-state index >= 15 is 0 Å². The fourth-order valence-corrected chi connectivity index (χ4v) is 3.98. The van der Waals surface area contributed by atoms with Crippen LogP contribution in [0.1, 0.15) is 54.6 Å². The Labute approximate surface area is 147 Å². The fourth-order valence-electron chi connectivity index (χ4n) is 3.98. The maximum absolute atomic E-state index is 5.39. The second kappa shape index (κ2) is 6.37. The fraction of sp³-hybridized carbons (Fsp3) is 0.667. The minimum Gasteiger partial charge on any atom is -0.355 e. The third-order valence-corrected chi connectivity index (χ3v) is 5.52. The molecule has 5 rings (SSSR count). The molecule has 2 fully saturated rings. The maximum atomic E-state index is 5.39. The van der Waals surface area contributed by atoms with Crippen LogP contribution in [0.25, 0.3) is 0 Å². The Kier molecular flexibility index (Phi) is 3.88. The highest BCUT2D eigenvalue weighted by atomic mass is 16.5. The molecule has 0 atom stereocenters. The Morgan fingerprint density at radius 2 is 2.00 bits per heavy atom. The molecule has 1 saturated heterocycles. The topological polar surface area (TPSA) is 71.2 Å². The number of hydrogen-bond acceptors (Lipinski definition) is 7. The van der Waals surface area contributed by atoms with Gasteiger partial charge in [-0.1, -0.05) is 5.16 Å². The van der Waals surface area contributed by atoms with Crippen LogP contribution in [-0.2, 0) is 19.4 Å². The quantitative estimate of drug-likeness (QED) is 0.842. The molecule has 0 radical (unpaired) electrons. The number of aromatic nitrogens is 4. The zero-order chi connectivity index (χ0) is 16.6. The van der Waals surface area contributed by atoms with Crippen LogP contribution in [-0.4, -0.2) is 51.2 Å². The van der Waals surface area contributed by atoms with E-state index in [9.17, 15) is 0 Å². The minimum absolute atomic E-state index is 0.528. The van der Waals surface area contributed by atoms with Crippen molar-refractivity contribution in [3.8, 4) is 0 Å². The molecule has 7 nitrogen and oxygen atoms in total. The highest BCUT2D eigenvalue weighted by molar-refractivity contribution is 5.50. The molecule has 0 aromatic carbocycles. The van der Waals surface area contributed by atoms with Crippen molar-refractivity contribution in [1.29, 1.82) is 0 Å². The average Bonchev–Trinajstić information content (AvgIpc) is 3.26. The molecule has 2 aromatic heterocycles. The van der Waals surface area contributed by atoms with Crippen molar-refractivity contribution in [2.24, 2.45) is 0 Å². The second-order valence-electron chi connectivity index (χ2n) is 7.42. The molecule has 0 amide bonds. The lowest BCUT2D eigenvalue weighted by Crippen LogP contribution is -2.31. The average molecular weight is 340 g/mol. The van der Waals surface area contributed by atoms with E-state index in [1.54, 1.807) is 6.33 Å². The lowest BCUT2D eigenvalue weighted by atomic mass is 10.2. The summed E-state index contributed by atoms with van der Waals surface area (Å²) in [7, 11) is 0. The Morgan fingerprint density at radius 3 is 2.92 bits per heavy atom. The number of aryl methyl sites for hydroxylation is 1. The summed E-state index contributed by atoms with van der Waals surface area (Å²) in [6.07, 6.45) is 8.70. The summed E-state index contributed by atoms with van der Waals surface area (Å²) in [5.41, 5.74) is 2.63. The van der Waals surface area contributed by atoms with Gasteiger partial charge < -0.3 is 9.42 Å². The molecule has 3 heterocycles. The number of rotatable bonds is 4. The molecule has 7 heteroatoms. The Morgan fingerprint density at radius 1 is 1.04 bits per heavy atom. The van der Waals surface area contributed by atoms with E-state index in [1.807, 2.05) is 0 Å². The predicted octanol–water partition coefficient (Wildman–Crippen LogP) is 1.94. The van der Waals surface area contributed by atoms with Crippen LogP contribution >= 0.6 is 0 Å². The van der Waals surface area contributed by atoms with Crippen LogP contribution in [0, 0.1) is 0 Å². The first-order valence-corrected chi connectivity index (χ1v) is 9.49. The van der Waals surface area contributed by atoms with Gasteiger partial charge in [0.15, 0.2) is 5.82 Å². The van der Waals surface area contributed by atoms with E-state index in [4.69, 9.17) is 4.52 Å². The normalized spacial score (nSPS) is 21.4. The largest absolute Gasteiger partial charge is 0.355 e. The van der Waals surface area contributed by atoms with Gasteiger partial charge in [-0.3, -0.25) is 4.90 Å². The molecule has 0 spiro atoms. The number of hydrogen-bond donors (Lipinski definition) is 0. The van der Waals surface area contributed by atoms with Crippen molar-refractivity contribution in [1.82, 2.24) is 25.0 Å². The molecule has 0 unspecified atom stereocenters. The van der Waals surface area contributed by atoms with E-state index in [2.05, 4.69) is 29.9 Å². The van der Waals surface area contributed by atoms with Crippen LogP contribution < -0.4 is 4.90 Å². The van der Waals surface area contributed by atoms with Crippen LogP contribution in [0.5, 0.6) is 0 Å². The Balaban J connectivity index is 1.25. The van der Waals surface area contributed by atoms with Gasteiger partial charge in [-0.05, 0) is 38.5 Å². The Hall–Kier alpha value is -2.02. The zero-order valence-corrected chi connectivity index (χ0v) is 14.5. The molecular weight excluding hydrogens is 316 g/mol. The lowest BCUT2D eigenvalue weighted by Gasteiger charge is -2.24. The highest BCUT2D eigenvalue weighted by Crippen LogP contribution is 2.38. The molecule has 2 aliphatic carbocycles. The maximum Gasteiger partial charge on any atom is 0.229 e. The standard InChI is InChI=1S/C18H24N6O/c1-3-14-15(4-1)19-12-20-17(14)24-8-2-7-23(9-10-24)11-16-21-18(25-22-16)13-5-6-13/h12-13H,1-11H2. The first kappa shape index (κ1) is 15.3. The molecule has 0 N–H and O–H groups in total. The van der Waals surface area contributed by atoms with Crippen molar-refractivity contribution in [3.63, 3.8) is 0 Å². The van der Waals surface area contributed by atoms with Crippen LogP contribution in [0.3, 0.4) is 0 Å². The third kappa shape index (κ3) is 3.13. The summed E-state index contributed by atoms with van der Waals surface area (Å²) >= 11 is 0. The van der Waals surface area contributed by atoms with Gasteiger partial charge in [-0.25, -0.2) is 9.97 Å². The molecule has 132 valence electrons. The number of fused-ring (bicyclic) bond motifs is 1. The molecular formula is C18H24N6O. The highest BCUT2D eigenvalue weighted by Gasteiger charge is 2.30. The van der Waals surface area contributed by atoms with Crippen molar-refractivity contribution in [2.45, 2.75) is 51.0 Å². The molecule has 3 aliphatic rings. The molecule has 2 aromatic rings. The summed E-state index contributed by atoms with van der Waals surface area (Å²) in [4.78, 5) is 18.5. The van der Waals surface area contributed by atoms with Crippen molar-refractivity contribution in [3.05, 3.63) is 29.3 Å². The van der Waals surface area contributed by atoms with E-state index in [-0.39, 0.29) is 0 Å². The first-order chi connectivity index (χ1) is 12.4. The molecule has 0 bridgehead atoms. The van der Waals surface area contributed by atoms with Crippen LogP contribution in [0.15, 0.2) is 10.9 Å². The SMILES string of the molecule is c1nc2c(c(N3CCCN(Cc4noc(C5CC5)n4)CC3)n1)CCC2. The number of nitrogens with zero attached hydrogens (tertiary/aromatic N) is 6. The summed E-state index contributed by atoms with van der Waals surface area (Å²) < 4.78 is 5.39. The van der Waals surface area contributed by atoms with Gasteiger partial charge in [0.25, 0.3) is 0 Å². The first-order valence-electron chi connectivity index (χ1n) is 9.49. The zero-order valence-electron chi connectivity index (χ0n) is 14.5. The van der Waals surface area contributed by atoms with Crippen molar-refractivity contribution in [2.75, 3.05) is 31.1 Å². The molecule has 1 saturated carbocycles. The summed E-state index contributed by atoms with van der Waals surface area (Å²) in [6.45, 7) is 4.91. The van der Waals surface area contributed by atoms with Gasteiger partial charge in [0.2, 0.25) is 5.89 Å². The minimum atomic E-state index is 0.528.